The average Bonchev–Trinajstić information content (AvgIpc) is 2.71. The van der Waals surface area contributed by atoms with Crippen molar-refractivity contribution in [1.82, 2.24) is 5.32 Å². The van der Waals surface area contributed by atoms with E-state index in [-0.39, 0.29) is 23.8 Å². The summed E-state index contributed by atoms with van der Waals surface area (Å²) in [6, 6.07) is 4.82. The molecular weight excluding hydrogens is 357 g/mol. The second-order valence-electron chi connectivity index (χ2n) is 6.06. The summed E-state index contributed by atoms with van der Waals surface area (Å²) in [5.74, 6) is -0.477. The summed E-state index contributed by atoms with van der Waals surface area (Å²) in [4.78, 5) is 28.4. The lowest BCUT2D eigenvalue weighted by Gasteiger charge is -2.12. The molecule has 0 spiro atoms. The van der Waals surface area contributed by atoms with Crippen LogP contribution in [0.4, 0.5) is 5.69 Å². The number of amides is 2. The fraction of sp³-hybridized carbons (Fsp3) is 0.400. The van der Waals surface area contributed by atoms with E-state index < -0.39 is 5.25 Å². The maximum absolute atomic E-state index is 12.1. The first-order valence-electron chi connectivity index (χ1n) is 6.96. The van der Waals surface area contributed by atoms with Crippen LogP contribution in [0.25, 0.3) is 0 Å². The third kappa shape index (κ3) is 5.41. The molecule has 2 amide bonds. The molecule has 1 atom stereocenters. The highest BCUT2D eigenvalue weighted by molar-refractivity contribution is 8.15. The van der Waals surface area contributed by atoms with Crippen molar-refractivity contribution >= 4 is 57.6 Å². The van der Waals surface area contributed by atoms with Gasteiger partial charge in [-0.05, 0) is 39.0 Å². The van der Waals surface area contributed by atoms with Gasteiger partial charge in [-0.3, -0.25) is 14.6 Å². The van der Waals surface area contributed by atoms with Crippen LogP contribution < -0.4 is 10.6 Å². The van der Waals surface area contributed by atoms with Crippen molar-refractivity contribution in [3.05, 3.63) is 28.2 Å². The predicted molar refractivity (Wildman–Crippen MR) is 96.4 cm³/mol. The molecule has 0 aliphatic carbocycles. The van der Waals surface area contributed by atoms with Crippen LogP contribution in [-0.2, 0) is 9.59 Å². The van der Waals surface area contributed by atoms with Gasteiger partial charge in [-0.2, -0.15) is 0 Å². The number of amidine groups is 1. The number of rotatable bonds is 3. The maximum Gasteiger partial charge on any atom is 0.240 e. The van der Waals surface area contributed by atoms with Crippen molar-refractivity contribution in [3.8, 4) is 0 Å². The largest absolute Gasteiger partial charge is 0.326 e. The van der Waals surface area contributed by atoms with Crippen LogP contribution >= 0.6 is 35.0 Å². The van der Waals surface area contributed by atoms with Crippen LogP contribution in [0.15, 0.2) is 23.2 Å². The predicted octanol–water partition coefficient (Wildman–Crippen LogP) is 3.71. The Kier molecular flexibility index (Phi) is 5.60. The van der Waals surface area contributed by atoms with Gasteiger partial charge in [0.25, 0.3) is 0 Å². The van der Waals surface area contributed by atoms with Crippen molar-refractivity contribution in [2.45, 2.75) is 38.0 Å². The SMILES string of the molecule is CC(C)(C)N=C1NC(=O)[C@H](CC(=O)Nc2ccc(Cl)c(Cl)c2)S1. The number of carbonyl (C=O) groups is 2. The quantitative estimate of drug-likeness (QED) is 0.848. The molecule has 1 aliphatic heterocycles. The lowest BCUT2D eigenvalue weighted by molar-refractivity contribution is -0.122. The zero-order valence-corrected chi connectivity index (χ0v) is 15.3. The molecule has 2 rings (SSSR count). The van der Waals surface area contributed by atoms with Crippen LogP contribution in [0.2, 0.25) is 10.0 Å². The summed E-state index contributed by atoms with van der Waals surface area (Å²) >= 11 is 13.0. The average molecular weight is 374 g/mol. The van der Waals surface area contributed by atoms with E-state index in [1.807, 2.05) is 20.8 Å². The van der Waals surface area contributed by atoms with Gasteiger partial charge in [0.1, 0.15) is 5.25 Å². The molecule has 1 saturated heterocycles. The second-order valence-corrected chi connectivity index (χ2v) is 8.07. The minimum atomic E-state index is -0.487. The summed E-state index contributed by atoms with van der Waals surface area (Å²) in [6.07, 6.45) is 0.0555. The lowest BCUT2D eigenvalue weighted by atomic mass is 10.1. The van der Waals surface area contributed by atoms with E-state index in [1.165, 1.54) is 11.8 Å². The fourth-order valence-corrected chi connectivity index (χ4v) is 3.31. The number of halogens is 2. The molecule has 23 heavy (non-hydrogen) atoms. The highest BCUT2D eigenvalue weighted by Crippen LogP contribution is 2.27. The van der Waals surface area contributed by atoms with Gasteiger partial charge >= 0.3 is 0 Å². The minimum Gasteiger partial charge on any atom is -0.326 e. The summed E-state index contributed by atoms with van der Waals surface area (Å²) in [5, 5.41) is 6.24. The van der Waals surface area contributed by atoms with E-state index in [2.05, 4.69) is 15.6 Å². The number of carbonyl (C=O) groups excluding carboxylic acids is 2. The molecule has 1 fully saturated rings. The summed E-state index contributed by atoms with van der Waals surface area (Å²) in [7, 11) is 0. The Labute approximate surface area is 149 Å². The molecule has 0 radical (unpaired) electrons. The minimum absolute atomic E-state index is 0.0555. The highest BCUT2D eigenvalue weighted by atomic mass is 35.5. The number of benzene rings is 1. The third-order valence-corrected chi connectivity index (χ3v) is 4.61. The monoisotopic (exact) mass is 373 g/mol. The molecule has 0 saturated carbocycles. The normalized spacial score (nSPS) is 19.8. The lowest BCUT2D eigenvalue weighted by Crippen LogP contribution is -2.28. The molecule has 124 valence electrons. The zero-order chi connectivity index (χ0) is 17.2. The molecule has 8 heteroatoms. The van der Waals surface area contributed by atoms with Crippen LogP contribution in [0.5, 0.6) is 0 Å². The van der Waals surface area contributed by atoms with Gasteiger partial charge in [0, 0.05) is 12.1 Å². The number of aliphatic imine (C=N–C) groups is 1. The Morgan fingerprint density at radius 3 is 2.65 bits per heavy atom. The number of hydrogen-bond donors (Lipinski definition) is 2. The van der Waals surface area contributed by atoms with E-state index >= 15 is 0 Å². The van der Waals surface area contributed by atoms with E-state index in [1.54, 1.807) is 18.2 Å². The van der Waals surface area contributed by atoms with Crippen LogP contribution in [0.1, 0.15) is 27.2 Å². The van der Waals surface area contributed by atoms with E-state index in [0.717, 1.165) is 0 Å². The number of thioether (sulfide) groups is 1. The second kappa shape index (κ2) is 7.11. The van der Waals surface area contributed by atoms with Crippen LogP contribution in [0, 0.1) is 0 Å². The van der Waals surface area contributed by atoms with Gasteiger partial charge in [0.05, 0.1) is 15.6 Å². The number of anilines is 1. The molecule has 1 aromatic rings. The number of hydrogen-bond acceptors (Lipinski definition) is 4. The van der Waals surface area contributed by atoms with Gasteiger partial charge in [0.15, 0.2) is 5.17 Å². The van der Waals surface area contributed by atoms with Gasteiger partial charge in [-0.15, -0.1) is 0 Å². The summed E-state index contributed by atoms with van der Waals surface area (Å²) in [5.41, 5.74) is 0.253. The topological polar surface area (TPSA) is 70.6 Å². The van der Waals surface area contributed by atoms with Crippen molar-refractivity contribution in [3.63, 3.8) is 0 Å². The standard InChI is InChI=1S/C15H17Cl2N3O2S/c1-15(2,3)20-14-19-13(22)11(23-14)7-12(21)18-8-4-5-9(16)10(17)6-8/h4-6,11H,7H2,1-3H3,(H,18,21)(H,19,20,22)/t11-/m0/s1. The van der Waals surface area contributed by atoms with E-state index in [0.29, 0.717) is 20.9 Å². The first-order chi connectivity index (χ1) is 10.6. The first kappa shape index (κ1) is 18.1. The fourth-order valence-electron chi connectivity index (χ4n) is 1.85. The van der Waals surface area contributed by atoms with Crippen molar-refractivity contribution in [2.75, 3.05) is 5.32 Å². The van der Waals surface area contributed by atoms with Crippen molar-refractivity contribution < 1.29 is 9.59 Å². The molecule has 0 aromatic heterocycles. The maximum atomic E-state index is 12.1. The van der Waals surface area contributed by atoms with Crippen LogP contribution in [-0.4, -0.2) is 27.8 Å². The Balaban J connectivity index is 1.96. The van der Waals surface area contributed by atoms with Gasteiger partial charge < -0.3 is 10.6 Å². The number of nitrogens with one attached hydrogen (secondary N) is 2. The van der Waals surface area contributed by atoms with E-state index in [9.17, 15) is 9.59 Å². The summed E-state index contributed by atoms with van der Waals surface area (Å²) in [6.45, 7) is 5.82. The molecule has 0 unspecified atom stereocenters. The van der Waals surface area contributed by atoms with Crippen molar-refractivity contribution in [1.29, 1.82) is 0 Å². The molecule has 0 bridgehead atoms. The number of nitrogens with zero attached hydrogens (tertiary/aromatic N) is 1. The molecule has 2 N–H and O–H groups in total. The molecule has 1 aliphatic rings. The third-order valence-electron chi connectivity index (χ3n) is 2.79. The smallest absolute Gasteiger partial charge is 0.240 e. The van der Waals surface area contributed by atoms with Gasteiger partial charge in [-0.25, -0.2) is 0 Å². The summed E-state index contributed by atoms with van der Waals surface area (Å²) < 4.78 is 0. The Morgan fingerprint density at radius 2 is 2.04 bits per heavy atom. The molecule has 5 nitrogen and oxygen atoms in total. The highest BCUT2D eigenvalue weighted by Gasteiger charge is 2.32. The van der Waals surface area contributed by atoms with Gasteiger partial charge in [-0.1, -0.05) is 35.0 Å². The zero-order valence-electron chi connectivity index (χ0n) is 12.9. The molecular formula is C15H17Cl2N3O2S. The Morgan fingerprint density at radius 1 is 1.35 bits per heavy atom. The molecule has 1 heterocycles. The Hall–Kier alpha value is -1.24. The Bertz CT molecular complexity index is 671. The van der Waals surface area contributed by atoms with Crippen molar-refractivity contribution in [2.24, 2.45) is 4.99 Å². The van der Waals surface area contributed by atoms with E-state index in [4.69, 9.17) is 23.2 Å². The molecule has 1 aromatic carbocycles. The first-order valence-corrected chi connectivity index (χ1v) is 8.60. The van der Waals surface area contributed by atoms with Crippen LogP contribution in [0.3, 0.4) is 0 Å². The van der Waals surface area contributed by atoms with Gasteiger partial charge in [0.2, 0.25) is 11.8 Å².